The number of halogens is 2. The normalized spacial score (nSPS) is 13.3. The zero-order chi connectivity index (χ0) is 18.7. The quantitative estimate of drug-likeness (QED) is 0.840. The first-order valence-corrected chi connectivity index (χ1v) is 8.83. The highest BCUT2D eigenvalue weighted by Crippen LogP contribution is 2.27. The van der Waals surface area contributed by atoms with E-state index in [0.29, 0.717) is 42.0 Å². The van der Waals surface area contributed by atoms with Crippen LogP contribution in [0.15, 0.2) is 24.3 Å². The molecule has 1 N–H and O–H groups in total. The van der Waals surface area contributed by atoms with Crippen LogP contribution in [-0.4, -0.2) is 39.6 Å². The summed E-state index contributed by atoms with van der Waals surface area (Å²) in [5, 5.41) is 8.02. The second kappa shape index (κ2) is 7.97. The monoisotopic (exact) mass is 396 g/mol. The Morgan fingerprint density at radius 3 is 2.81 bits per heavy atom. The molecule has 0 aliphatic carbocycles. The van der Waals surface area contributed by atoms with Crippen LogP contribution in [0.25, 0.3) is 0 Å². The van der Waals surface area contributed by atoms with Crippen LogP contribution in [0, 0.1) is 0 Å². The number of fused-ring (bicyclic) bond motifs is 1. The Morgan fingerprint density at radius 2 is 2.08 bits per heavy atom. The van der Waals surface area contributed by atoms with Gasteiger partial charge in [0.25, 0.3) is 5.91 Å². The molecule has 0 spiro atoms. The largest absolute Gasteiger partial charge is 0.482 e. The maximum Gasteiger partial charge on any atom is 0.260 e. The molecule has 1 aromatic heterocycles. The third kappa shape index (κ3) is 4.47. The summed E-state index contributed by atoms with van der Waals surface area (Å²) < 4.78 is 7.37. The van der Waals surface area contributed by atoms with Gasteiger partial charge in [-0.15, -0.1) is 0 Å². The van der Waals surface area contributed by atoms with Crippen LogP contribution in [0.4, 0.5) is 0 Å². The first kappa shape index (κ1) is 18.5. The summed E-state index contributed by atoms with van der Waals surface area (Å²) in [7, 11) is 0. The molecule has 3 rings (SSSR count). The molecule has 2 heterocycles. The number of nitrogens with zero attached hydrogens (tertiary/aromatic N) is 3. The summed E-state index contributed by atoms with van der Waals surface area (Å²) in [6.07, 6.45) is 0. The van der Waals surface area contributed by atoms with Crippen molar-refractivity contribution in [2.24, 2.45) is 0 Å². The first-order chi connectivity index (χ1) is 12.4. The summed E-state index contributed by atoms with van der Waals surface area (Å²) in [4.78, 5) is 25.1. The van der Waals surface area contributed by atoms with E-state index in [0.717, 1.165) is 11.4 Å². The van der Waals surface area contributed by atoms with Crippen LogP contribution in [0.3, 0.4) is 0 Å². The van der Waals surface area contributed by atoms with Crippen molar-refractivity contribution >= 4 is 35.0 Å². The Morgan fingerprint density at radius 1 is 1.27 bits per heavy atom. The van der Waals surface area contributed by atoms with Gasteiger partial charge in [-0.05, 0) is 24.3 Å². The van der Waals surface area contributed by atoms with E-state index in [1.807, 2.05) is 10.7 Å². The number of aromatic nitrogens is 2. The highest BCUT2D eigenvalue weighted by Gasteiger charge is 2.23. The Hall–Kier alpha value is -2.25. The molecule has 0 radical (unpaired) electrons. The summed E-state index contributed by atoms with van der Waals surface area (Å²) in [5.41, 5.74) is 1.70. The average Bonchev–Trinajstić information content (AvgIpc) is 3.01. The summed E-state index contributed by atoms with van der Waals surface area (Å²) in [5.74, 6) is 0.182. The van der Waals surface area contributed by atoms with E-state index in [1.54, 1.807) is 23.1 Å². The number of ether oxygens (including phenoxy) is 1. The maximum absolute atomic E-state index is 12.4. The topological polar surface area (TPSA) is 76.5 Å². The second-order valence-electron chi connectivity index (χ2n) is 5.94. The van der Waals surface area contributed by atoms with E-state index in [9.17, 15) is 9.59 Å². The number of carbonyl (C=O) groups is 2. The van der Waals surface area contributed by atoms with Crippen LogP contribution >= 0.6 is 23.2 Å². The molecule has 9 heteroatoms. The number of rotatable bonds is 5. The van der Waals surface area contributed by atoms with Crippen molar-refractivity contribution < 1.29 is 14.3 Å². The van der Waals surface area contributed by atoms with Gasteiger partial charge in [0.05, 0.1) is 36.0 Å². The van der Waals surface area contributed by atoms with Crippen LogP contribution in [-0.2, 0) is 29.2 Å². The molecule has 0 saturated carbocycles. The minimum absolute atomic E-state index is 0.103. The van der Waals surface area contributed by atoms with Crippen molar-refractivity contribution in [3.05, 3.63) is 45.7 Å². The molecule has 0 atom stereocenters. The van der Waals surface area contributed by atoms with Crippen molar-refractivity contribution in [1.29, 1.82) is 0 Å². The van der Waals surface area contributed by atoms with Crippen molar-refractivity contribution in [2.45, 2.75) is 26.6 Å². The Balaban J connectivity index is 1.57. The standard InChI is InChI=1S/C17H18Cl2N4O3/c1-11(24)20-8-13-7-14-9-22(4-5-23(14)21-13)17(25)10-26-16-3-2-12(18)6-15(16)19/h2-3,6-7H,4-5,8-10H2,1H3,(H,20,24). The van der Waals surface area contributed by atoms with E-state index in [-0.39, 0.29) is 18.4 Å². The summed E-state index contributed by atoms with van der Waals surface area (Å²) in [6, 6.07) is 6.76. The van der Waals surface area contributed by atoms with Crippen molar-refractivity contribution in [3.8, 4) is 5.75 Å². The number of hydrogen-bond donors (Lipinski definition) is 1. The van der Waals surface area contributed by atoms with Crippen molar-refractivity contribution in [3.63, 3.8) is 0 Å². The lowest BCUT2D eigenvalue weighted by atomic mass is 10.2. The molecule has 1 aliphatic heterocycles. The van der Waals surface area contributed by atoms with Crippen LogP contribution < -0.4 is 10.1 Å². The van der Waals surface area contributed by atoms with Crippen LogP contribution in [0.5, 0.6) is 5.75 Å². The van der Waals surface area contributed by atoms with Gasteiger partial charge in [0.1, 0.15) is 5.75 Å². The Labute approximate surface area is 160 Å². The van der Waals surface area contributed by atoms with E-state index < -0.39 is 0 Å². The zero-order valence-corrected chi connectivity index (χ0v) is 15.7. The summed E-state index contributed by atoms with van der Waals surface area (Å²) >= 11 is 11.9. The molecular formula is C17H18Cl2N4O3. The fraction of sp³-hybridized carbons (Fsp3) is 0.353. The third-order valence-corrected chi connectivity index (χ3v) is 4.50. The lowest BCUT2D eigenvalue weighted by Gasteiger charge is -2.27. The molecule has 0 unspecified atom stereocenters. The van der Waals surface area contributed by atoms with E-state index in [4.69, 9.17) is 27.9 Å². The second-order valence-corrected chi connectivity index (χ2v) is 6.78. The lowest BCUT2D eigenvalue weighted by molar-refractivity contribution is -0.134. The third-order valence-electron chi connectivity index (χ3n) is 3.96. The molecule has 0 bridgehead atoms. The molecule has 138 valence electrons. The number of benzene rings is 1. The lowest BCUT2D eigenvalue weighted by Crippen LogP contribution is -2.40. The molecule has 0 fully saturated rings. The molecule has 26 heavy (non-hydrogen) atoms. The molecule has 1 aliphatic rings. The van der Waals surface area contributed by atoms with Crippen molar-refractivity contribution in [1.82, 2.24) is 20.0 Å². The predicted molar refractivity (Wildman–Crippen MR) is 97.1 cm³/mol. The van der Waals surface area contributed by atoms with E-state index >= 15 is 0 Å². The van der Waals surface area contributed by atoms with Gasteiger partial charge in [-0.3, -0.25) is 14.3 Å². The number of nitrogens with one attached hydrogen (secondary N) is 1. The van der Waals surface area contributed by atoms with Gasteiger partial charge in [0.15, 0.2) is 6.61 Å². The summed E-state index contributed by atoms with van der Waals surface area (Å²) in [6.45, 7) is 3.33. The van der Waals surface area contributed by atoms with Crippen LogP contribution in [0.2, 0.25) is 10.0 Å². The van der Waals surface area contributed by atoms with Gasteiger partial charge in [-0.1, -0.05) is 23.2 Å². The number of carbonyl (C=O) groups excluding carboxylic acids is 2. The van der Waals surface area contributed by atoms with Gasteiger partial charge in [-0.25, -0.2) is 0 Å². The maximum atomic E-state index is 12.4. The van der Waals surface area contributed by atoms with Gasteiger partial charge in [0.2, 0.25) is 5.91 Å². The zero-order valence-electron chi connectivity index (χ0n) is 14.2. The van der Waals surface area contributed by atoms with Gasteiger partial charge >= 0.3 is 0 Å². The number of amides is 2. The average molecular weight is 397 g/mol. The fourth-order valence-electron chi connectivity index (χ4n) is 2.66. The number of hydrogen-bond acceptors (Lipinski definition) is 4. The molecule has 0 saturated heterocycles. The molecule has 2 amide bonds. The first-order valence-electron chi connectivity index (χ1n) is 8.08. The molecule has 2 aromatic rings. The minimum Gasteiger partial charge on any atom is -0.482 e. The van der Waals surface area contributed by atoms with Crippen molar-refractivity contribution in [2.75, 3.05) is 13.2 Å². The predicted octanol–water partition coefficient (Wildman–Crippen LogP) is 2.25. The van der Waals surface area contributed by atoms with Crippen LogP contribution in [0.1, 0.15) is 18.3 Å². The van der Waals surface area contributed by atoms with Gasteiger partial charge in [0, 0.05) is 18.5 Å². The van der Waals surface area contributed by atoms with Gasteiger partial charge in [-0.2, -0.15) is 5.10 Å². The SMILES string of the molecule is CC(=O)NCc1cc2n(n1)CCN(C(=O)COc1ccc(Cl)cc1Cl)C2. The highest BCUT2D eigenvalue weighted by atomic mass is 35.5. The van der Waals surface area contributed by atoms with E-state index in [1.165, 1.54) is 6.92 Å². The minimum atomic E-state index is -0.133. The smallest absolute Gasteiger partial charge is 0.260 e. The molecular weight excluding hydrogens is 379 g/mol. The molecule has 7 nitrogen and oxygen atoms in total. The van der Waals surface area contributed by atoms with E-state index in [2.05, 4.69) is 10.4 Å². The fourth-order valence-corrected chi connectivity index (χ4v) is 3.13. The Kier molecular flexibility index (Phi) is 5.68. The molecule has 1 aromatic carbocycles. The van der Waals surface area contributed by atoms with Gasteiger partial charge < -0.3 is 15.0 Å². The Bertz CT molecular complexity index is 837. The highest BCUT2D eigenvalue weighted by molar-refractivity contribution is 6.35.